The average molecular weight is 515 g/mol. The lowest BCUT2D eigenvalue weighted by Gasteiger charge is -2.43. The summed E-state index contributed by atoms with van der Waals surface area (Å²) in [6.45, 7) is 1.85. The predicted octanol–water partition coefficient (Wildman–Crippen LogP) is 3.04. The van der Waals surface area contributed by atoms with Gasteiger partial charge < -0.3 is 15.8 Å². The first-order valence-corrected chi connectivity index (χ1v) is 12.2. The van der Waals surface area contributed by atoms with Gasteiger partial charge in [0, 0.05) is 30.7 Å². The van der Waals surface area contributed by atoms with Gasteiger partial charge in [0.1, 0.15) is 27.6 Å². The van der Waals surface area contributed by atoms with Crippen LogP contribution in [0.2, 0.25) is 0 Å². The molecule has 2 aromatic rings. The number of anilines is 1. The lowest BCUT2D eigenvalue weighted by atomic mass is 9.91. The van der Waals surface area contributed by atoms with Crippen LogP contribution in [-0.4, -0.2) is 48.9 Å². The van der Waals surface area contributed by atoms with Gasteiger partial charge >= 0.3 is 6.18 Å². The Bertz CT molecular complexity index is 1290. The van der Waals surface area contributed by atoms with E-state index in [1.807, 2.05) is 0 Å². The van der Waals surface area contributed by atoms with Crippen molar-refractivity contribution in [2.75, 3.05) is 24.3 Å². The summed E-state index contributed by atoms with van der Waals surface area (Å²) in [6.07, 6.45) is -3.77. The number of rotatable bonds is 3. The van der Waals surface area contributed by atoms with Gasteiger partial charge in [-0.2, -0.15) is 13.2 Å². The smallest absolute Gasteiger partial charge is 0.386 e. The summed E-state index contributed by atoms with van der Waals surface area (Å²) in [5.74, 6) is -2.21. The Kier molecular flexibility index (Phi) is 6.12. The first-order chi connectivity index (χ1) is 16.3. The number of benzene rings is 1. The molecule has 1 aromatic heterocycles. The lowest BCUT2D eigenvalue weighted by Crippen LogP contribution is -2.60. The van der Waals surface area contributed by atoms with Gasteiger partial charge in [0.25, 0.3) is 5.91 Å². The van der Waals surface area contributed by atoms with Crippen LogP contribution < -0.4 is 11.1 Å². The van der Waals surface area contributed by atoms with E-state index in [9.17, 15) is 30.8 Å². The first-order valence-electron chi connectivity index (χ1n) is 10.6. The molecule has 188 valence electrons. The minimum Gasteiger partial charge on any atom is -0.386 e. The largest absolute Gasteiger partial charge is 0.417 e. The Hall–Kier alpha value is -3.06. The number of hydrogen-bond donors (Lipinski definition) is 2. The molecule has 1 saturated heterocycles. The van der Waals surface area contributed by atoms with Crippen molar-refractivity contribution in [1.82, 2.24) is 4.98 Å². The van der Waals surface area contributed by atoms with E-state index < -0.39 is 49.3 Å². The number of aliphatic imine (C=N–C) groups is 1. The summed E-state index contributed by atoms with van der Waals surface area (Å²) >= 11 is 0. The van der Waals surface area contributed by atoms with Crippen LogP contribution in [0, 0.1) is 5.82 Å². The van der Waals surface area contributed by atoms with Crippen LogP contribution in [0.15, 0.2) is 41.5 Å². The SMILES string of the molecule is CC1(c2cc(NC(=O)c3ccc(C(F)(F)F)cn3)ccc2F)CS(=O)(=O)C2(CCOCC2)C(N)=N1. The third-order valence-corrected chi connectivity index (χ3v) is 9.08. The van der Waals surface area contributed by atoms with E-state index in [2.05, 4.69) is 15.3 Å². The minimum absolute atomic E-state index is 0.0758. The average Bonchev–Trinajstić information content (AvgIpc) is 2.79. The van der Waals surface area contributed by atoms with E-state index in [1.165, 1.54) is 19.1 Å². The number of sulfone groups is 1. The van der Waals surface area contributed by atoms with Crippen LogP contribution in [0.3, 0.4) is 0 Å². The molecule has 1 atom stereocenters. The van der Waals surface area contributed by atoms with Gasteiger partial charge in [0.05, 0.1) is 11.3 Å². The molecule has 0 radical (unpaired) electrons. The fourth-order valence-corrected chi connectivity index (χ4v) is 6.77. The van der Waals surface area contributed by atoms with Crippen LogP contribution >= 0.6 is 0 Å². The van der Waals surface area contributed by atoms with Gasteiger partial charge in [-0.05, 0) is 50.1 Å². The summed E-state index contributed by atoms with van der Waals surface area (Å²) in [5, 5.41) is 2.43. The summed E-state index contributed by atoms with van der Waals surface area (Å²) in [5.41, 5.74) is 3.25. The normalized spacial score (nSPS) is 23.5. The molecule has 1 fully saturated rings. The highest BCUT2D eigenvalue weighted by molar-refractivity contribution is 7.93. The third-order valence-electron chi connectivity index (χ3n) is 6.33. The number of nitrogens with two attached hydrogens (primary N) is 1. The number of pyridine rings is 1. The zero-order chi connectivity index (χ0) is 25.6. The van der Waals surface area contributed by atoms with E-state index in [4.69, 9.17) is 10.5 Å². The maximum atomic E-state index is 14.9. The number of ether oxygens (including phenoxy) is 1. The number of hydrogen-bond acceptors (Lipinski definition) is 7. The van der Waals surface area contributed by atoms with E-state index in [0.717, 1.165) is 18.2 Å². The van der Waals surface area contributed by atoms with Crippen LogP contribution in [0.25, 0.3) is 0 Å². The van der Waals surface area contributed by atoms with Crippen molar-refractivity contribution in [2.45, 2.75) is 36.2 Å². The first kappa shape index (κ1) is 25.0. The summed E-state index contributed by atoms with van der Waals surface area (Å²) in [6, 6.07) is 5.12. The van der Waals surface area contributed by atoms with Crippen LogP contribution in [0.5, 0.6) is 0 Å². The third kappa shape index (κ3) is 4.49. The molecule has 35 heavy (non-hydrogen) atoms. The topological polar surface area (TPSA) is 124 Å². The summed E-state index contributed by atoms with van der Waals surface area (Å²) in [7, 11) is -3.85. The molecule has 0 bridgehead atoms. The van der Waals surface area contributed by atoms with Gasteiger partial charge in [0.2, 0.25) is 0 Å². The molecule has 1 amide bonds. The van der Waals surface area contributed by atoms with Crippen molar-refractivity contribution in [1.29, 1.82) is 0 Å². The molecule has 1 unspecified atom stereocenters. The zero-order valence-corrected chi connectivity index (χ0v) is 19.3. The fraction of sp³-hybridized carbons (Fsp3) is 0.409. The number of aromatic nitrogens is 1. The highest BCUT2D eigenvalue weighted by Gasteiger charge is 2.55. The second-order valence-electron chi connectivity index (χ2n) is 8.72. The molecule has 3 N–H and O–H groups in total. The number of alkyl halides is 3. The molecule has 4 rings (SSSR count). The zero-order valence-electron chi connectivity index (χ0n) is 18.5. The number of nitrogens with zero attached hydrogens (tertiary/aromatic N) is 2. The summed E-state index contributed by atoms with van der Waals surface area (Å²) < 4.78 is 83.6. The van der Waals surface area contributed by atoms with Crippen molar-refractivity contribution < 1.29 is 35.5 Å². The lowest BCUT2D eigenvalue weighted by molar-refractivity contribution is -0.137. The maximum absolute atomic E-state index is 14.9. The fourth-order valence-electron chi connectivity index (χ4n) is 4.38. The molecule has 2 aliphatic heterocycles. The second-order valence-corrected chi connectivity index (χ2v) is 11.0. The Morgan fingerprint density at radius 2 is 1.86 bits per heavy atom. The highest BCUT2D eigenvalue weighted by atomic mass is 32.2. The summed E-state index contributed by atoms with van der Waals surface area (Å²) in [4.78, 5) is 20.4. The monoisotopic (exact) mass is 514 g/mol. The van der Waals surface area contributed by atoms with E-state index in [1.54, 1.807) is 0 Å². The number of amides is 1. The number of amidine groups is 1. The Morgan fingerprint density at radius 3 is 2.43 bits per heavy atom. The highest BCUT2D eigenvalue weighted by Crippen LogP contribution is 2.42. The molecule has 1 aromatic carbocycles. The van der Waals surface area contributed by atoms with Gasteiger partial charge in [-0.25, -0.2) is 12.8 Å². The molecule has 13 heteroatoms. The van der Waals surface area contributed by atoms with Crippen LogP contribution in [0.4, 0.5) is 23.2 Å². The molecule has 8 nitrogen and oxygen atoms in total. The Morgan fingerprint density at radius 1 is 1.17 bits per heavy atom. The van der Waals surface area contributed by atoms with Crippen molar-refractivity contribution in [3.63, 3.8) is 0 Å². The van der Waals surface area contributed by atoms with E-state index in [-0.39, 0.29) is 48.8 Å². The predicted molar refractivity (Wildman–Crippen MR) is 119 cm³/mol. The molecular formula is C22H22F4N4O4S. The quantitative estimate of drug-likeness (QED) is 0.607. The van der Waals surface area contributed by atoms with Crippen molar-refractivity contribution in [2.24, 2.45) is 10.7 Å². The number of carbonyl (C=O) groups is 1. The number of halogens is 4. The van der Waals surface area contributed by atoms with Crippen LogP contribution in [0.1, 0.15) is 41.4 Å². The van der Waals surface area contributed by atoms with Gasteiger partial charge in [-0.15, -0.1) is 0 Å². The molecule has 0 saturated carbocycles. The van der Waals surface area contributed by atoms with Crippen molar-refractivity contribution in [3.8, 4) is 0 Å². The number of carbonyl (C=O) groups excluding carboxylic acids is 1. The Balaban J connectivity index is 1.64. The molecule has 1 spiro atoms. The molecular weight excluding hydrogens is 492 g/mol. The van der Waals surface area contributed by atoms with Gasteiger partial charge in [0.15, 0.2) is 9.84 Å². The van der Waals surface area contributed by atoms with Crippen molar-refractivity contribution in [3.05, 3.63) is 59.2 Å². The van der Waals surface area contributed by atoms with E-state index in [0.29, 0.717) is 6.20 Å². The molecule has 2 aliphatic rings. The van der Waals surface area contributed by atoms with Crippen LogP contribution in [-0.2, 0) is 26.3 Å². The van der Waals surface area contributed by atoms with Gasteiger partial charge in [-0.1, -0.05) is 0 Å². The standard InChI is InChI=1S/C22H22F4N4O4S/c1-20(12-35(32,33)21(19(27)30-20)6-8-34-9-7-21)15-10-14(3-4-16(15)23)29-18(31)17-5-2-13(11-28-17)22(24,25)26/h2-5,10-11H,6-9,12H2,1H3,(H2,27,30)(H,29,31). The van der Waals surface area contributed by atoms with Crippen molar-refractivity contribution >= 4 is 27.3 Å². The molecule has 0 aliphatic carbocycles. The Labute approximate surface area is 198 Å². The molecule has 3 heterocycles. The maximum Gasteiger partial charge on any atom is 0.417 e. The van der Waals surface area contributed by atoms with Gasteiger partial charge in [-0.3, -0.25) is 14.8 Å². The number of nitrogens with one attached hydrogen (secondary N) is 1. The second kappa shape index (κ2) is 8.55. The van der Waals surface area contributed by atoms with E-state index >= 15 is 0 Å². The minimum atomic E-state index is -4.60.